The van der Waals surface area contributed by atoms with Crippen molar-refractivity contribution in [3.8, 4) is 0 Å². The summed E-state index contributed by atoms with van der Waals surface area (Å²) in [6, 6.07) is 0.732. The van der Waals surface area contributed by atoms with Gasteiger partial charge in [-0.15, -0.1) is 0 Å². The van der Waals surface area contributed by atoms with Crippen LogP contribution in [0.3, 0.4) is 0 Å². The molecule has 3 rings (SSSR count). The van der Waals surface area contributed by atoms with Gasteiger partial charge in [-0.25, -0.2) is 4.98 Å². The van der Waals surface area contributed by atoms with Crippen molar-refractivity contribution >= 4 is 22.6 Å². The monoisotopic (exact) mass is 238 g/mol. The number of carbonyl (C=O) groups is 1. The number of anilines is 1. The average molecular weight is 238 g/mol. The molecule has 0 radical (unpaired) electrons. The van der Waals surface area contributed by atoms with Crippen LogP contribution in [-0.4, -0.2) is 38.8 Å². The SMILES string of the molecule is Cc1nsc(NC2CC(=O)N(C3CC3)C2)n1. The lowest BCUT2D eigenvalue weighted by atomic mass is 10.3. The largest absolute Gasteiger partial charge is 0.355 e. The van der Waals surface area contributed by atoms with E-state index >= 15 is 0 Å². The van der Waals surface area contributed by atoms with Crippen molar-refractivity contribution in [1.29, 1.82) is 0 Å². The predicted octanol–water partition coefficient (Wildman–Crippen LogP) is 1.02. The molecule has 1 aliphatic heterocycles. The molecule has 2 heterocycles. The number of nitrogens with one attached hydrogen (secondary N) is 1. The summed E-state index contributed by atoms with van der Waals surface area (Å²) in [4.78, 5) is 18.0. The van der Waals surface area contributed by atoms with Gasteiger partial charge in [0.1, 0.15) is 5.82 Å². The third-order valence-electron chi connectivity index (χ3n) is 3.00. The summed E-state index contributed by atoms with van der Waals surface area (Å²) < 4.78 is 4.11. The van der Waals surface area contributed by atoms with E-state index in [9.17, 15) is 4.79 Å². The van der Waals surface area contributed by atoms with Gasteiger partial charge in [-0.05, 0) is 19.8 Å². The van der Waals surface area contributed by atoms with Gasteiger partial charge >= 0.3 is 0 Å². The minimum atomic E-state index is 0.209. The minimum absolute atomic E-state index is 0.209. The van der Waals surface area contributed by atoms with Crippen molar-refractivity contribution in [3.05, 3.63) is 5.82 Å². The maximum absolute atomic E-state index is 11.7. The first kappa shape index (κ1) is 10.0. The summed E-state index contributed by atoms with van der Waals surface area (Å²) in [6.45, 7) is 2.69. The topological polar surface area (TPSA) is 58.1 Å². The number of amides is 1. The Kier molecular flexibility index (Phi) is 2.31. The number of hydrogen-bond acceptors (Lipinski definition) is 5. The first-order chi connectivity index (χ1) is 7.72. The Morgan fingerprint density at radius 3 is 2.94 bits per heavy atom. The van der Waals surface area contributed by atoms with Crippen molar-refractivity contribution in [2.45, 2.75) is 38.3 Å². The Bertz CT molecular complexity index is 415. The van der Waals surface area contributed by atoms with Gasteiger partial charge in [-0.1, -0.05) is 0 Å². The molecule has 2 fully saturated rings. The quantitative estimate of drug-likeness (QED) is 0.854. The van der Waals surface area contributed by atoms with Crippen LogP contribution in [0, 0.1) is 6.92 Å². The summed E-state index contributed by atoms with van der Waals surface area (Å²) in [5.74, 6) is 1.07. The maximum atomic E-state index is 11.7. The van der Waals surface area contributed by atoms with Crippen LogP contribution < -0.4 is 5.32 Å². The summed E-state index contributed by atoms with van der Waals surface area (Å²) >= 11 is 1.36. The number of aromatic nitrogens is 2. The molecule has 1 atom stereocenters. The molecular formula is C10H14N4OS. The molecule has 0 bridgehead atoms. The van der Waals surface area contributed by atoms with Gasteiger partial charge in [-0.2, -0.15) is 4.37 Å². The highest BCUT2D eigenvalue weighted by atomic mass is 32.1. The molecule has 86 valence electrons. The van der Waals surface area contributed by atoms with E-state index in [1.54, 1.807) is 0 Å². The Hall–Kier alpha value is -1.17. The van der Waals surface area contributed by atoms with Gasteiger partial charge < -0.3 is 10.2 Å². The second-order valence-electron chi connectivity index (χ2n) is 4.47. The molecule has 1 aliphatic carbocycles. The van der Waals surface area contributed by atoms with Crippen molar-refractivity contribution in [2.24, 2.45) is 0 Å². The fourth-order valence-electron chi connectivity index (χ4n) is 2.10. The Balaban J connectivity index is 1.62. The van der Waals surface area contributed by atoms with E-state index in [4.69, 9.17) is 0 Å². The summed E-state index contributed by atoms with van der Waals surface area (Å²) in [6.07, 6.45) is 2.95. The first-order valence-corrected chi connectivity index (χ1v) is 6.36. The molecular weight excluding hydrogens is 224 g/mol. The smallest absolute Gasteiger partial charge is 0.225 e. The van der Waals surface area contributed by atoms with Crippen LogP contribution in [0.5, 0.6) is 0 Å². The average Bonchev–Trinajstić information content (AvgIpc) is 2.91. The highest BCUT2D eigenvalue weighted by Gasteiger charge is 2.39. The second-order valence-corrected chi connectivity index (χ2v) is 5.22. The van der Waals surface area contributed by atoms with Crippen LogP contribution in [0.25, 0.3) is 0 Å². The molecule has 0 spiro atoms. The first-order valence-electron chi connectivity index (χ1n) is 5.58. The van der Waals surface area contributed by atoms with Crippen molar-refractivity contribution in [1.82, 2.24) is 14.3 Å². The third kappa shape index (κ3) is 1.89. The zero-order valence-corrected chi connectivity index (χ0v) is 9.96. The number of nitrogens with zero attached hydrogens (tertiary/aromatic N) is 3. The van der Waals surface area contributed by atoms with Crippen LogP contribution in [0.2, 0.25) is 0 Å². The lowest BCUT2D eigenvalue weighted by Crippen LogP contribution is -2.29. The van der Waals surface area contributed by atoms with Gasteiger partial charge in [0, 0.05) is 30.5 Å². The van der Waals surface area contributed by atoms with Gasteiger partial charge in [0.15, 0.2) is 0 Å². The normalized spacial score (nSPS) is 25.2. The molecule has 1 aromatic heterocycles. The van der Waals surface area contributed by atoms with E-state index < -0.39 is 0 Å². The molecule has 1 unspecified atom stereocenters. The van der Waals surface area contributed by atoms with Crippen molar-refractivity contribution in [2.75, 3.05) is 11.9 Å². The highest BCUT2D eigenvalue weighted by molar-refractivity contribution is 7.09. The van der Waals surface area contributed by atoms with Crippen LogP contribution >= 0.6 is 11.5 Å². The van der Waals surface area contributed by atoms with Gasteiger partial charge in [0.05, 0.1) is 6.04 Å². The van der Waals surface area contributed by atoms with E-state index in [2.05, 4.69) is 14.7 Å². The minimum Gasteiger partial charge on any atom is -0.355 e. The van der Waals surface area contributed by atoms with E-state index in [1.807, 2.05) is 11.8 Å². The molecule has 2 aliphatic rings. The van der Waals surface area contributed by atoms with Crippen LogP contribution in [-0.2, 0) is 4.79 Å². The predicted molar refractivity (Wildman–Crippen MR) is 61.4 cm³/mol. The summed E-state index contributed by atoms with van der Waals surface area (Å²) in [5.41, 5.74) is 0. The Labute approximate surface area is 98.0 Å². The van der Waals surface area contributed by atoms with Gasteiger partial charge in [0.25, 0.3) is 0 Å². The van der Waals surface area contributed by atoms with Crippen molar-refractivity contribution in [3.63, 3.8) is 0 Å². The van der Waals surface area contributed by atoms with E-state index in [1.165, 1.54) is 24.4 Å². The number of hydrogen-bond donors (Lipinski definition) is 1. The maximum Gasteiger partial charge on any atom is 0.225 e. The number of likely N-dealkylation sites (tertiary alicyclic amines) is 1. The molecule has 5 nitrogen and oxygen atoms in total. The standard InChI is InChI=1S/C10H14N4OS/c1-6-11-10(16-13-6)12-7-4-9(15)14(5-7)8-2-3-8/h7-8H,2-5H2,1H3,(H,11,12,13). The van der Waals surface area contributed by atoms with Crippen LogP contribution in [0.4, 0.5) is 5.13 Å². The number of rotatable bonds is 3. The van der Waals surface area contributed by atoms with Gasteiger partial charge in [0.2, 0.25) is 11.0 Å². The zero-order chi connectivity index (χ0) is 11.1. The molecule has 1 amide bonds. The zero-order valence-electron chi connectivity index (χ0n) is 9.14. The van der Waals surface area contributed by atoms with Crippen LogP contribution in [0.1, 0.15) is 25.1 Å². The molecule has 1 saturated carbocycles. The summed E-state index contributed by atoms with van der Waals surface area (Å²) in [7, 11) is 0. The molecule has 1 saturated heterocycles. The molecule has 0 aromatic carbocycles. The fourth-order valence-corrected chi connectivity index (χ4v) is 2.75. The molecule has 1 N–H and O–H groups in total. The van der Waals surface area contributed by atoms with E-state index in [-0.39, 0.29) is 11.9 Å². The van der Waals surface area contributed by atoms with Gasteiger partial charge in [-0.3, -0.25) is 4.79 Å². The Morgan fingerprint density at radius 2 is 2.31 bits per heavy atom. The fraction of sp³-hybridized carbons (Fsp3) is 0.700. The summed E-state index contributed by atoms with van der Waals surface area (Å²) in [5, 5.41) is 4.11. The molecule has 6 heteroatoms. The molecule has 16 heavy (non-hydrogen) atoms. The number of carbonyl (C=O) groups excluding carboxylic acids is 1. The lowest BCUT2D eigenvalue weighted by Gasteiger charge is -2.15. The van der Waals surface area contributed by atoms with E-state index in [0.717, 1.165) is 17.5 Å². The highest BCUT2D eigenvalue weighted by Crippen LogP contribution is 2.31. The number of aryl methyl sites for hydroxylation is 1. The van der Waals surface area contributed by atoms with Crippen LogP contribution in [0.15, 0.2) is 0 Å². The van der Waals surface area contributed by atoms with E-state index in [0.29, 0.717) is 12.5 Å². The van der Waals surface area contributed by atoms with Crippen molar-refractivity contribution < 1.29 is 4.79 Å². The molecule has 1 aromatic rings. The lowest BCUT2D eigenvalue weighted by molar-refractivity contribution is -0.128. The Morgan fingerprint density at radius 1 is 1.50 bits per heavy atom. The third-order valence-corrected chi connectivity index (χ3v) is 3.74. The second kappa shape index (κ2) is 3.69.